The Bertz CT molecular complexity index is 1180. The van der Waals surface area contributed by atoms with Gasteiger partial charge in [0, 0.05) is 12.0 Å². The highest BCUT2D eigenvalue weighted by Gasteiger charge is 2.25. The van der Waals surface area contributed by atoms with Crippen LogP contribution in [0.2, 0.25) is 0 Å². The molecule has 0 saturated heterocycles. The van der Waals surface area contributed by atoms with Crippen LogP contribution in [-0.2, 0) is 6.42 Å². The van der Waals surface area contributed by atoms with Crippen molar-refractivity contribution < 1.29 is 27.9 Å². The van der Waals surface area contributed by atoms with Gasteiger partial charge in [0.15, 0.2) is 17.3 Å². The highest BCUT2D eigenvalue weighted by atomic mass is 16.5. The Labute approximate surface area is 190 Å². The summed E-state index contributed by atoms with van der Waals surface area (Å²) >= 11 is 0. The van der Waals surface area contributed by atoms with Crippen LogP contribution >= 0.6 is 0 Å². The topological polar surface area (TPSA) is 109 Å². The number of nitrogens with one attached hydrogen (secondary N) is 1. The summed E-state index contributed by atoms with van der Waals surface area (Å²) in [6, 6.07) is 15.8. The first-order valence-electron chi connectivity index (χ1n) is 10.1. The standard InChI is InChI=1S/C24H23N3O6/c1-29-19-13-16(14-20(30-2)21(19)31-3)22-26-24(33-27-22)17(12-15-8-5-4-6-9-15)25-23(28)18-10-7-11-32-18/h4-11,13-14,17H,12H2,1-3H3,(H,25,28). The minimum atomic E-state index is -0.576. The van der Waals surface area contributed by atoms with E-state index in [1.165, 1.54) is 27.6 Å². The summed E-state index contributed by atoms with van der Waals surface area (Å²) < 4.78 is 27.0. The number of methoxy groups -OCH3 is 3. The predicted molar refractivity (Wildman–Crippen MR) is 118 cm³/mol. The molecule has 0 bridgehead atoms. The van der Waals surface area contributed by atoms with Crippen LogP contribution in [0.4, 0.5) is 0 Å². The van der Waals surface area contributed by atoms with Gasteiger partial charge in [-0.1, -0.05) is 35.5 Å². The molecule has 1 unspecified atom stereocenters. The highest BCUT2D eigenvalue weighted by Crippen LogP contribution is 2.40. The van der Waals surface area contributed by atoms with E-state index in [9.17, 15) is 4.79 Å². The Balaban J connectivity index is 1.66. The van der Waals surface area contributed by atoms with E-state index >= 15 is 0 Å². The number of carbonyl (C=O) groups is 1. The fourth-order valence-corrected chi connectivity index (χ4v) is 3.39. The van der Waals surface area contributed by atoms with E-state index < -0.39 is 6.04 Å². The van der Waals surface area contributed by atoms with E-state index in [-0.39, 0.29) is 17.6 Å². The number of hydrogen-bond acceptors (Lipinski definition) is 8. The van der Waals surface area contributed by atoms with Crippen LogP contribution < -0.4 is 19.5 Å². The number of furan rings is 1. The van der Waals surface area contributed by atoms with E-state index in [0.717, 1.165) is 5.56 Å². The summed E-state index contributed by atoms with van der Waals surface area (Å²) in [7, 11) is 4.59. The molecule has 9 nitrogen and oxygen atoms in total. The predicted octanol–water partition coefficient (Wildman–Crippen LogP) is 4.07. The average molecular weight is 449 g/mol. The van der Waals surface area contributed by atoms with E-state index in [4.69, 9.17) is 23.2 Å². The molecule has 4 aromatic rings. The van der Waals surface area contributed by atoms with Gasteiger partial charge in [0.05, 0.1) is 27.6 Å². The van der Waals surface area contributed by atoms with Gasteiger partial charge in [-0.15, -0.1) is 0 Å². The van der Waals surface area contributed by atoms with Crippen molar-refractivity contribution in [2.45, 2.75) is 12.5 Å². The molecule has 2 aromatic heterocycles. The van der Waals surface area contributed by atoms with Crippen molar-refractivity contribution in [3.8, 4) is 28.6 Å². The molecule has 0 aliphatic rings. The largest absolute Gasteiger partial charge is 0.493 e. The maximum Gasteiger partial charge on any atom is 0.287 e. The molecule has 0 fully saturated rings. The molecule has 33 heavy (non-hydrogen) atoms. The lowest BCUT2D eigenvalue weighted by Crippen LogP contribution is -2.30. The normalized spacial score (nSPS) is 11.6. The fraction of sp³-hybridized carbons (Fsp3) is 0.208. The van der Waals surface area contributed by atoms with Gasteiger partial charge in [-0.2, -0.15) is 4.98 Å². The smallest absolute Gasteiger partial charge is 0.287 e. The highest BCUT2D eigenvalue weighted by molar-refractivity contribution is 5.91. The van der Waals surface area contributed by atoms with E-state index in [2.05, 4.69) is 15.5 Å². The third-order valence-corrected chi connectivity index (χ3v) is 5.00. The molecule has 2 aromatic carbocycles. The van der Waals surface area contributed by atoms with Crippen molar-refractivity contribution in [2.75, 3.05) is 21.3 Å². The fourth-order valence-electron chi connectivity index (χ4n) is 3.39. The third-order valence-electron chi connectivity index (χ3n) is 5.00. The van der Waals surface area contributed by atoms with Gasteiger partial charge in [0.2, 0.25) is 17.5 Å². The van der Waals surface area contributed by atoms with Gasteiger partial charge in [-0.05, 0) is 29.8 Å². The van der Waals surface area contributed by atoms with Crippen LogP contribution in [0, 0.1) is 0 Å². The minimum absolute atomic E-state index is 0.192. The van der Waals surface area contributed by atoms with E-state index in [0.29, 0.717) is 35.1 Å². The maximum atomic E-state index is 12.7. The maximum absolute atomic E-state index is 12.7. The number of hydrogen-bond donors (Lipinski definition) is 1. The van der Waals surface area contributed by atoms with Crippen LogP contribution in [0.5, 0.6) is 17.2 Å². The van der Waals surface area contributed by atoms with Crippen molar-refractivity contribution >= 4 is 5.91 Å². The van der Waals surface area contributed by atoms with E-state index in [1.807, 2.05) is 30.3 Å². The van der Waals surface area contributed by atoms with Gasteiger partial charge in [0.1, 0.15) is 6.04 Å². The molecule has 0 aliphatic heterocycles. The lowest BCUT2D eigenvalue weighted by Gasteiger charge is -2.14. The molecular weight excluding hydrogens is 426 g/mol. The van der Waals surface area contributed by atoms with Gasteiger partial charge < -0.3 is 28.5 Å². The van der Waals surface area contributed by atoms with Gasteiger partial charge in [-0.25, -0.2) is 0 Å². The van der Waals surface area contributed by atoms with Gasteiger partial charge in [0.25, 0.3) is 5.91 Å². The number of amides is 1. The molecule has 170 valence electrons. The Kier molecular flexibility index (Phi) is 6.58. The van der Waals surface area contributed by atoms with Crippen LogP contribution in [0.25, 0.3) is 11.4 Å². The molecule has 2 heterocycles. The number of benzene rings is 2. The molecule has 0 spiro atoms. The zero-order chi connectivity index (χ0) is 23.2. The van der Waals surface area contributed by atoms with Crippen molar-refractivity contribution in [2.24, 2.45) is 0 Å². The van der Waals surface area contributed by atoms with Crippen molar-refractivity contribution in [1.82, 2.24) is 15.5 Å². The molecule has 1 N–H and O–H groups in total. The van der Waals surface area contributed by atoms with Crippen molar-refractivity contribution in [3.63, 3.8) is 0 Å². The van der Waals surface area contributed by atoms with Crippen LogP contribution in [0.15, 0.2) is 69.8 Å². The summed E-state index contributed by atoms with van der Waals surface area (Å²) in [5, 5.41) is 7.03. The van der Waals surface area contributed by atoms with Gasteiger partial charge in [-0.3, -0.25) is 4.79 Å². The average Bonchev–Trinajstić information content (AvgIpc) is 3.56. The van der Waals surface area contributed by atoms with Crippen LogP contribution in [-0.4, -0.2) is 37.4 Å². The second-order valence-corrected chi connectivity index (χ2v) is 7.06. The Morgan fingerprint density at radius 3 is 2.33 bits per heavy atom. The SMILES string of the molecule is COc1cc(-c2noc(C(Cc3ccccc3)NC(=O)c3ccco3)n2)cc(OC)c1OC. The molecule has 9 heteroatoms. The first kappa shape index (κ1) is 21.9. The summed E-state index contributed by atoms with van der Waals surface area (Å²) in [5.74, 6) is 1.76. The molecule has 0 radical (unpaired) electrons. The zero-order valence-corrected chi connectivity index (χ0v) is 18.4. The molecule has 4 rings (SSSR count). The second-order valence-electron chi connectivity index (χ2n) is 7.06. The minimum Gasteiger partial charge on any atom is -0.493 e. The monoisotopic (exact) mass is 449 g/mol. The number of aromatic nitrogens is 2. The summed E-state index contributed by atoms with van der Waals surface area (Å²) in [4.78, 5) is 17.2. The van der Waals surface area contributed by atoms with Crippen molar-refractivity contribution in [3.05, 3.63) is 78.1 Å². The Morgan fingerprint density at radius 1 is 1.00 bits per heavy atom. The van der Waals surface area contributed by atoms with E-state index in [1.54, 1.807) is 24.3 Å². The second kappa shape index (κ2) is 9.90. The zero-order valence-electron chi connectivity index (χ0n) is 18.4. The first-order valence-corrected chi connectivity index (χ1v) is 10.1. The third kappa shape index (κ3) is 4.82. The molecule has 1 amide bonds. The summed E-state index contributed by atoms with van der Waals surface area (Å²) in [6.07, 6.45) is 1.89. The number of rotatable bonds is 9. The quantitative estimate of drug-likeness (QED) is 0.407. The molecular formula is C24H23N3O6. The molecule has 0 aliphatic carbocycles. The Morgan fingerprint density at radius 2 is 1.73 bits per heavy atom. The number of carbonyl (C=O) groups excluding carboxylic acids is 1. The molecule has 1 atom stereocenters. The van der Waals surface area contributed by atoms with Crippen LogP contribution in [0.3, 0.4) is 0 Å². The first-order chi connectivity index (χ1) is 16.1. The van der Waals surface area contributed by atoms with Gasteiger partial charge >= 0.3 is 0 Å². The Hall–Kier alpha value is -4.27. The number of nitrogens with zero attached hydrogens (tertiary/aromatic N) is 2. The summed E-state index contributed by atoms with van der Waals surface area (Å²) in [5.41, 5.74) is 1.60. The lowest BCUT2D eigenvalue weighted by atomic mass is 10.1. The van der Waals surface area contributed by atoms with Crippen LogP contribution in [0.1, 0.15) is 28.1 Å². The number of ether oxygens (including phenoxy) is 3. The molecule has 0 saturated carbocycles. The summed E-state index contributed by atoms with van der Waals surface area (Å²) in [6.45, 7) is 0. The lowest BCUT2D eigenvalue weighted by molar-refractivity contribution is 0.0900. The van der Waals surface area contributed by atoms with Crippen molar-refractivity contribution in [1.29, 1.82) is 0 Å².